The summed E-state index contributed by atoms with van der Waals surface area (Å²) in [5.74, 6) is 1.09. The van der Waals surface area contributed by atoms with Gasteiger partial charge in [0.05, 0.1) is 24.2 Å². The number of benzene rings is 2. The minimum Gasteiger partial charge on any atom is -0.493 e. The third kappa shape index (κ3) is 6.09. The Morgan fingerprint density at radius 2 is 1.67 bits per heavy atom. The molecule has 0 bridgehead atoms. The molecule has 4 heteroatoms. The first-order valence-corrected chi connectivity index (χ1v) is 11.1. The standard InChI is InChI=1S/C26H35NO3/c1-19(21-12-8-5-9-13-21)25(28)27-24(26(2,3)29)22-14-16-23(17-15-22)30-18-20-10-6-4-7-11-20/h5,8-9,12-17,19-20,24,29H,4,6-7,10-11,18H2,1-3H3,(H,27,28)/t19-,24+/m0/s1. The fraction of sp³-hybridized carbons (Fsp3) is 0.500. The summed E-state index contributed by atoms with van der Waals surface area (Å²) < 4.78 is 5.99. The molecule has 0 aromatic heterocycles. The highest BCUT2D eigenvalue weighted by molar-refractivity contribution is 5.83. The van der Waals surface area contributed by atoms with Crippen LogP contribution in [0, 0.1) is 5.92 Å². The molecule has 1 aliphatic rings. The van der Waals surface area contributed by atoms with E-state index in [1.165, 1.54) is 32.1 Å². The van der Waals surface area contributed by atoms with Gasteiger partial charge in [0.15, 0.2) is 0 Å². The molecule has 0 aliphatic heterocycles. The van der Waals surface area contributed by atoms with Crippen molar-refractivity contribution in [3.05, 3.63) is 65.7 Å². The maximum absolute atomic E-state index is 12.9. The van der Waals surface area contributed by atoms with Crippen molar-refractivity contribution in [2.75, 3.05) is 6.61 Å². The predicted molar refractivity (Wildman–Crippen MR) is 121 cm³/mol. The van der Waals surface area contributed by atoms with Crippen molar-refractivity contribution in [1.82, 2.24) is 5.32 Å². The van der Waals surface area contributed by atoms with E-state index in [4.69, 9.17) is 4.74 Å². The molecule has 4 nitrogen and oxygen atoms in total. The van der Waals surface area contributed by atoms with Gasteiger partial charge in [0.1, 0.15) is 5.75 Å². The molecular formula is C26H35NO3. The maximum Gasteiger partial charge on any atom is 0.227 e. The monoisotopic (exact) mass is 409 g/mol. The highest BCUT2D eigenvalue weighted by atomic mass is 16.5. The van der Waals surface area contributed by atoms with Crippen LogP contribution in [0.2, 0.25) is 0 Å². The second kappa shape index (κ2) is 10.1. The third-order valence-electron chi connectivity index (χ3n) is 6.11. The molecule has 1 saturated carbocycles. The van der Waals surface area contributed by atoms with Crippen LogP contribution in [-0.4, -0.2) is 23.2 Å². The number of amides is 1. The largest absolute Gasteiger partial charge is 0.493 e. The van der Waals surface area contributed by atoms with Gasteiger partial charge in [-0.1, -0.05) is 61.7 Å². The quantitative estimate of drug-likeness (QED) is 0.615. The van der Waals surface area contributed by atoms with Crippen molar-refractivity contribution in [2.24, 2.45) is 5.92 Å². The Balaban J connectivity index is 1.65. The van der Waals surface area contributed by atoms with Crippen molar-refractivity contribution in [1.29, 1.82) is 0 Å². The average Bonchev–Trinajstić information content (AvgIpc) is 2.76. The molecule has 1 amide bonds. The zero-order chi connectivity index (χ0) is 21.6. The molecule has 0 saturated heterocycles. The lowest BCUT2D eigenvalue weighted by molar-refractivity contribution is -0.125. The lowest BCUT2D eigenvalue weighted by Gasteiger charge is -2.32. The minimum atomic E-state index is -1.10. The van der Waals surface area contributed by atoms with Gasteiger partial charge in [-0.3, -0.25) is 4.79 Å². The van der Waals surface area contributed by atoms with Gasteiger partial charge in [0.2, 0.25) is 5.91 Å². The predicted octanol–water partition coefficient (Wildman–Crippen LogP) is 5.38. The second-order valence-corrected chi connectivity index (χ2v) is 9.11. The second-order valence-electron chi connectivity index (χ2n) is 9.11. The summed E-state index contributed by atoms with van der Waals surface area (Å²) in [5.41, 5.74) is 0.716. The zero-order valence-corrected chi connectivity index (χ0v) is 18.4. The molecule has 1 aliphatic carbocycles. The fourth-order valence-corrected chi connectivity index (χ4v) is 4.15. The van der Waals surface area contributed by atoms with E-state index < -0.39 is 11.6 Å². The first kappa shape index (κ1) is 22.4. The summed E-state index contributed by atoms with van der Waals surface area (Å²) in [4.78, 5) is 12.9. The van der Waals surface area contributed by atoms with Crippen LogP contribution in [0.25, 0.3) is 0 Å². The van der Waals surface area contributed by atoms with E-state index in [9.17, 15) is 9.90 Å². The Morgan fingerprint density at radius 3 is 2.27 bits per heavy atom. The van der Waals surface area contributed by atoms with Crippen LogP contribution < -0.4 is 10.1 Å². The highest BCUT2D eigenvalue weighted by Crippen LogP contribution is 2.29. The molecule has 162 valence electrons. The molecule has 2 atom stereocenters. The van der Waals surface area contributed by atoms with Gasteiger partial charge in [-0.2, -0.15) is 0 Å². The molecule has 30 heavy (non-hydrogen) atoms. The van der Waals surface area contributed by atoms with Crippen LogP contribution in [-0.2, 0) is 4.79 Å². The van der Waals surface area contributed by atoms with Crippen LogP contribution in [0.4, 0.5) is 0 Å². The molecule has 2 aromatic rings. The van der Waals surface area contributed by atoms with Crippen LogP contribution in [0.15, 0.2) is 54.6 Å². The van der Waals surface area contributed by atoms with Gasteiger partial charge < -0.3 is 15.2 Å². The molecule has 2 N–H and O–H groups in total. The van der Waals surface area contributed by atoms with Crippen molar-refractivity contribution in [2.45, 2.75) is 70.4 Å². The smallest absolute Gasteiger partial charge is 0.227 e. The van der Waals surface area contributed by atoms with E-state index in [0.29, 0.717) is 5.92 Å². The van der Waals surface area contributed by atoms with E-state index in [1.807, 2.05) is 61.5 Å². The van der Waals surface area contributed by atoms with Crippen LogP contribution in [0.3, 0.4) is 0 Å². The summed E-state index contributed by atoms with van der Waals surface area (Å²) in [6, 6.07) is 16.9. The lowest BCUT2D eigenvalue weighted by atomic mass is 9.90. The first-order valence-electron chi connectivity index (χ1n) is 11.1. The van der Waals surface area contributed by atoms with Crippen molar-refractivity contribution in [3.8, 4) is 5.75 Å². The van der Waals surface area contributed by atoms with Crippen LogP contribution in [0.5, 0.6) is 5.75 Å². The summed E-state index contributed by atoms with van der Waals surface area (Å²) in [6.07, 6.45) is 6.47. The number of nitrogens with one attached hydrogen (secondary N) is 1. The number of aliphatic hydroxyl groups is 1. The van der Waals surface area contributed by atoms with Crippen molar-refractivity contribution < 1.29 is 14.6 Å². The molecule has 0 radical (unpaired) electrons. The highest BCUT2D eigenvalue weighted by Gasteiger charge is 2.31. The summed E-state index contributed by atoms with van der Waals surface area (Å²) in [6.45, 7) is 6.09. The molecule has 0 heterocycles. The Morgan fingerprint density at radius 1 is 1.03 bits per heavy atom. The van der Waals surface area contributed by atoms with E-state index >= 15 is 0 Å². The number of carbonyl (C=O) groups is 1. The Hall–Kier alpha value is -2.33. The van der Waals surface area contributed by atoms with E-state index in [0.717, 1.165) is 23.5 Å². The van der Waals surface area contributed by atoms with E-state index in [2.05, 4.69) is 5.32 Å². The van der Waals surface area contributed by atoms with Gasteiger partial charge in [-0.05, 0) is 62.8 Å². The normalized spacial score (nSPS) is 17.2. The Labute approximate surface area is 180 Å². The van der Waals surface area contributed by atoms with E-state index in [1.54, 1.807) is 13.8 Å². The number of hydrogen-bond acceptors (Lipinski definition) is 3. The number of rotatable bonds is 8. The number of carbonyl (C=O) groups excluding carboxylic acids is 1. The summed E-state index contributed by atoms with van der Waals surface area (Å²) >= 11 is 0. The molecule has 1 fully saturated rings. The van der Waals surface area contributed by atoms with E-state index in [-0.39, 0.29) is 11.8 Å². The minimum absolute atomic E-state index is 0.106. The topological polar surface area (TPSA) is 58.6 Å². The molecule has 2 aromatic carbocycles. The van der Waals surface area contributed by atoms with Gasteiger partial charge >= 0.3 is 0 Å². The van der Waals surface area contributed by atoms with Gasteiger partial charge in [0, 0.05) is 0 Å². The van der Waals surface area contributed by atoms with Gasteiger partial charge in [0.25, 0.3) is 0 Å². The summed E-state index contributed by atoms with van der Waals surface area (Å²) in [5, 5.41) is 13.8. The fourth-order valence-electron chi connectivity index (χ4n) is 4.15. The molecular weight excluding hydrogens is 374 g/mol. The van der Waals surface area contributed by atoms with Gasteiger partial charge in [-0.15, -0.1) is 0 Å². The van der Waals surface area contributed by atoms with Crippen LogP contribution in [0.1, 0.15) is 76.0 Å². The molecule has 0 spiro atoms. The number of ether oxygens (including phenoxy) is 1. The summed E-state index contributed by atoms with van der Waals surface area (Å²) in [7, 11) is 0. The van der Waals surface area contributed by atoms with Crippen molar-refractivity contribution in [3.63, 3.8) is 0 Å². The molecule has 0 unspecified atom stereocenters. The average molecular weight is 410 g/mol. The zero-order valence-electron chi connectivity index (χ0n) is 18.4. The molecule has 3 rings (SSSR count). The van der Waals surface area contributed by atoms with Gasteiger partial charge in [-0.25, -0.2) is 0 Å². The third-order valence-corrected chi connectivity index (χ3v) is 6.11. The Kier molecular flexibility index (Phi) is 7.54. The maximum atomic E-state index is 12.9. The SMILES string of the molecule is C[C@H](C(=O)N[C@H](c1ccc(OCC2CCCCC2)cc1)C(C)(C)O)c1ccccc1. The van der Waals surface area contributed by atoms with Crippen LogP contribution >= 0.6 is 0 Å². The Bertz CT molecular complexity index is 789. The first-order chi connectivity index (χ1) is 14.3. The number of hydrogen-bond donors (Lipinski definition) is 2. The van der Waals surface area contributed by atoms with Crippen molar-refractivity contribution >= 4 is 5.91 Å². The lowest BCUT2D eigenvalue weighted by Crippen LogP contribution is -2.43.